The lowest BCUT2D eigenvalue weighted by molar-refractivity contribution is -0.124. The van der Waals surface area contributed by atoms with E-state index in [1.54, 1.807) is 0 Å². The number of primary amides is 1. The molecule has 186 valence electrons. The molecule has 0 aliphatic rings. The molecule has 0 fully saturated rings. The first-order valence-corrected chi connectivity index (χ1v) is 10.7. The first-order valence-electron chi connectivity index (χ1n) is 10.7. The van der Waals surface area contributed by atoms with Gasteiger partial charge in [-0.05, 0) is 45.2 Å². The summed E-state index contributed by atoms with van der Waals surface area (Å²) in [6, 6.07) is -2.00. The largest absolute Gasteiger partial charge is 0.505 e. The number of alkyl carbamates (subject to hydrolysis) is 1. The van der Waals surface area contributed by atoms with E-state index >= 15 is 0 Å². The SMILES string of the molecule is NCCCC[C@H](COC(=O)O)NC(=O)OC[C@@H](CCCCN)NC(=O)[C@H](N)CCC(N)=O. The zero-order chi connectivity index (χ0) is 24.4. The molecule has 11 N–H and O–H groups in total. The molecule has 0 aromatic heterocycles. The summed E-state index contributed by atoms with van der Waals surface area (Å²) in [6.45, 7) is 0.608. The second kappa shape index (κ2) is 18.0. The van der Waals surface area contributed by atoms with Gasteiger partial charge >= 0.3 is 12.2 Å². The van der Waals surface area contributed by atoms with Gasteiger partial charge in [-0.2, -0.15) is 0 Å². The van der Waals surface area contributed by atoms with Crippen LogP contribution in [0.15, 0.2) is 0 Å². The Kier molecular flexibility index (Phi) is 16.5. The molecule has 13 heteroatoms. The second-order valence-electron chi connectivity index (χ2n) is 7.40. The van der Waals surface area contributed by atoms with Crippen LogP contribution in [0.5, 0.6) is 0 Å². The molecule has 0 rings (SSSR count). The minimum absolute atomic E-state index is 0.0186. The van der Waals surface area contributed by atoms with E-state index in [9.17, 15) is 19.2 Å². The minimum Gasteiger partial charge on any atom is -0.450 e. The van der Waals surface area contributed by atoms with Gasteiger partial charge in [0.15, 0.2) is 0 Å². The summed E-state index contributed by atoms with van der Waals surface area (Å²) in [5.41, 5.74) is 21.8. The highest BCUT2D eigenvalue weighted by atomic mass is 16.7. The molecule has 0 aromatic rings. The number of amides is 3. The van der Waals surface area contributed by atoms with Gasteiger partial charge in [0.05, 0.1) is 18.1 Å². The number of nitrogens with one attached hydrogen (secondary N) is 2. The summed E-state index contributed by atoms with van der Waals surface area (Å²) in [5, 5.41) is 13.9. The Morgan fingerprint density at radius 2 is 1.34 bits per heavy atom. The van der Waals surface area contributed by atoms with Gasteiger partial charge in [-0.25, -0.2) is 9.59 Å². The van der Waals surface area contributed by atoms with E-state index in [0.29, 0.717) is 45.2 Å². The number of hydrogen-bond donors (Lipinski definition) is 7. The van der Waals surface area contributed by atoms with Crippen molar-refractivity contribution >= 4 is 24.1 Å². The minimum atomic E-state index is -1.45. The van der Waals surface area contributed by atoms with Crippen molar-refractivity contribution in [1.82, 2.24) is 10.6 Å². The highest BCUT2D eigenvalue weighted by molar-refractivity contribution is 5.83. The van der Waals surface area contributed by atoms with E-state index < -0.39 is 42.2 Å². The van der Waals surface area contributed by atoms with Gasteiger partial charge in [-0.3, -0.25) is 9.59 Å². The molecule has 13 nitrogen and oxygen atoms in total. The average molecular weight is 463 g/mol. The number of rotatable bonds is 18. The van der Waals surface area contributed by atoms with Crippen LogP contribution >= 0.6 is 0 Å². The highest BCUT2D eigenvalue weighted by Crippen LogP contribution is 2.05. The van der Waals surface area contributed by atoms with E-state index in [0.717, 1.165) is 6.42 Å². The van der Waals surface area contributed by atoms with Gasteiger partial charge in [0.2, 0.25) is 11.8 Å². The predicted octanol–water partition coefficient (Wildman–Crippen LogP) is -0.889. The predicted molar refractivity (Wildman–Crippen MR) is 116 cm³/mol. The first kappa shape index (κ1) is 29.4. The molecule has 0 unspecified atom stereocenters. The normalized spacial score (nSPS) is 13.5. The van der Waals surface area contributed by atoms with Crippen molar-refractivity contribution in [3.05, 3.63) is 0 Å². The monoisotopic (exact) mass is 462 g/mol. The highest BCUT2D eigenvalue weighted by Gasteiger charge is 2.21. The molecule has 0 saturated carbocycles. The first-order chi connectivity index (χ1) is 15.2. The van der Waals surface area contributed by atoms with E-state index in [2.05, 4.69) is 15.4 Å². The molecular formula is C19H38N6O7. The number of carbonyl (C=O) groups is 4. The number of unbranched alkanes of at least 4 members (excludes halogenated alkanes) is 2. The number of nitrogens with two attached hydrogens (primary N) is 4. The van der Waals surface area contributed by atoms with Crippen LogP contribution in [-0.2, 0) is 19.1 Å². The van der Waals surface area contributed by atoms with Crippen LogP contribution in [-0.4, -0.2) is 73.6 Å². The summed E-state index contributed by atoms with van der Waals surface area (Å²) in [6.07, 6.45) is 1.63. The van der Waals surface area contributed by atoms with Crippen LogP contribution in [0.1, 0.15) is 51.4 Å². The van der Waals surface area contributed by atoms with Gasteiger partial charge in [0.25, 0.3) is 0 Å². The van der Waals surface area contributed by atoms with E-state index in [1.165, 1.54) is 0 Å². The van der Waals surface area contributed by atoms with Crippen molar-refractivity contribution in [3.8, 4) is 0 Å². The van der Waals surface area contributed by atoms with Crippen LogP contribution in [0.4, 0.5) is 9.59 Å². The lowest BCUT2D eigenvalue weighted by atomic mass is 10.1. The van der Waals surface area contributed by atoms with Crippen molar-refractivity contribution in [1.29, 1.82) is 0 Å². The number of ether oxygens (including phenoxy) is 2. The van der Waals surface area contributed by atoms with Gasteiger partial charge in [0.1, 0.15) is 13.2 Å². The zero-order valence-electron chi connectivity index (χ0n) is 18.4. The van der Waals surface area contributed by atoms with Crippen molar-refractivity contribution in [2.75, 3.05) is 26.3 Å². The third kappa shape index (κ3) is 16.1. The Labute approximate surface area is 187 Å². The zero-order valence-corrected chi connectivity index (χ0v) is 18.4. The summed E-state index contributed by atoms with van der Waals surface area (Å²) in [5.74, 6) is -1.04. The fourth-order valence-electron chi connectivity index (χ4n) is 2.76. The van der Waals surface area contributed by atoms with E-state index in [1.807, 2.05) is 0 Å². The smallest absolute Gasteiger partial charge is 0.450 e. The summed E-state index contributed by atoms with van der Waals surface area (Å²) in [4.78, 5) is 46.0. The van der Waals surface area contributed by atoms with Crippen molar-refractivity contribution in [2.45, 2.75) is 69.5 Å². The molecule has 0 bridgehead atoms. The van der Waals surface area contributed by atoms with Gasteiger partial charge in [-0.15, -0.1) is 0 Å². The van der Waals surface area contributed by atoms with Crippen LogP contribution in [0.3, 0.4) is 0 Å². The Hall–Kier alpha value is -2.64. The van der Waals surface area contributed by atoms with Crippen LogP contribution in [0.25, 0.3) is 0 Å². The van der Waals surface area contributed by atoms with Crippen molar-refractivity contribution < 1.29 is 33.8 Å². The van der Waals surface area contributed by atoms with Gasteiger partial charge in [-0.1, -0.05) is 12.8 Å². The molecule has 0 aliphatic heterocycles. The maximum Gasteiger partial charge on any atom is 0.505 e. The van der Waals surface area contributed by atoms with Crippen LogP contribution < -0.4 is 33.6 Å². The fraction of sp³-hybridized carbons (Fsp3) is 0.789. The van der Waals surface area contributed by atoms with Crippen molar-refractivity contribution in [3.63, 3.8) is 0 Å². The Morgan fingerprint density at radius 3 is 1.84 bits per heavy atom. The number of hydrogen-bond acceptors (Lipinski definition) is 9. The van der Waals surface area contributed by atoms with Crippen LogP contribution in [0.2, 0.25) is 0 Å². The maximum absolute atomic E-state index is 12.3. The van der Waals surface area contributed by atoms with E-state index in [-0.39, 0.29) is 26.1 Å². The molecule has 0 aliphatic carbocycles. The maximum atomic E-state index is 12.3. The molecule has 3 amide bonds. The second-order valence-corrected chi connectivity index (χ2v) is 7.40. The van der Waals surface area contributed by atoms with Crippen LogP contribution in [0, 0.1) is 0 Å². The summed E-state index contributed by atoms with van der Waals surface area (Å²) >= 11 is 0. The molecule has 32 heavy (non-hydrogen) atoms. The molecular weight excluding hydrogens is 424 g/mol. The Morgan fingerprint density at radius 1 is 0.812 bits per heavy atom. The summed E-state index contributed by atoms with van der Waals surface area (Å²) in [7, 11) is 0. The van der Waals surface area contributed by atoms with Crippen molar-refractivity contribution in [2.24, 2.45) is 22.9 Å². The molecule has 0 aromatic carbocycles. The topological polar surface area (TPSA) is 235 Å². The molecule has 0 heterocycles. The van der Waals surface area contributed by atoms with Gasteiger partial charge < -0.3 is 48.1 Å². The standard InChI is InChI=1S/C19H38N6O7/c20-9-3-1-5-13(24-17(27)15(22)7-8-16(23)26)11-31-18(28)25-14(6-2-4-10-21)12-32-19(29)30/h13-15H,1-12,20-22H2,(H2,23,26)(H,24,27)(H,25,28)(H,29,30)/t13-,14-,15-/m1/s1. The summed E-state index contributed by atoms with van der Waals surface area (Å²) < 4.78 is 9.76. The Bertz CT molecular complexity index is 578. The lowest BCUT2D eigenvalue weighted by Gasteiger charge is -2.22. The Balaban J connectivity index is 4.74. The van der Waals surface area contributed by atoms with E-state index in [4.69, 9.17) is 32.8 Å². The molecule has 0 spiro atoms. The molecule has 3 atom stereocenters. The lowest BCUT2D eigenvalue weighted by Crippen LogP contribution is -2.48. The number of carbonyl (C=O) groups excluding carboxylic acids is 3. The third-order valence-electron chi connectivity index (χ3n) is 4.54. The fourth-order valence-corrected chi connectivity index (χ4v) is 2.76. The molecule has 0 saturated heterocycles. The third-order valence-corrected chi connectivity index (χ3v) is 4.54. The average Bonchev–Trinajstić information content (AvgIpc) is 2.73. The number of carboxylic acid groups (broad SMARTS) is 1. The molecule has 0 radical (unpaired) electrons. The van der Waals surface area contributed by atoms with Gasteiger partial charge in [0, 0.05) is 6.42 Å². The quantitative estimate of drug-likeness (QED) is 0.0979.